The van der Waals surface area contributed by atoms with E-state index in [2.05, 4.69) is 10.4 Å². The van der Waals surface area contributed by atoms with Crippen LogP contribution in [0.2, 0.25) is 5.02 Å². The summed E-state index contributed by atoms with van der Waals surface area (Å²) in [5.74, 6) is 0.987. The summed E-state index contributed by atoms with van der Waals surface area (Å²) in [6.45, 7) is 3.51. The minimum Gasteiger partial charge on any atom is -0.495 e. The van der Waals surface area contributed by atoms with E-state index in [1.807, 2.05) is 22.6 Å². The van der Waals surface area contributed by atoms with Gasteiger partial charge in [-0.25, -0.2) is 4.79 Å². The number of amides is 2. The molecule has 0 aliphatic carbocycles. The summed E-state index contributed by atoms with van der Waals surface area (Å²) < 4.78 is 12.5. The first-order valence-electron chi connectivity index (χ1n) is 8.59. The maximum Gasteiger partial charge on any atom is 0.322 e. The van der Waals surface area contributed by atoms with Crippen molar-refractivity contribution in [1.29, 1.82) is 0 Å². The lowest BCUT2D eigenvalue weighted by molar-refractivity contribution is 0.204. The summed E-state index contributed by atoms with van der Waals surface area (Å²) in [5.41, 5.74) is 1.57. The number of hydrogen-bond donors (Lipinski definition) is 1. The van der Waals surface area contributed by atoms with Crippen molar-refractivity contribution in [2.75, 3.05) is 26.1 Å². The van der Waals surface area contributed by atoms with Crippen molar-refractivity contribution in [2.45, 2.75) is 32.4 Å². The molecule has 0 spiro atoms. The lowest BCUT2D eigenvalue weighted by Crippen LogP contribution is -2.35. The van der Waals surface area contributed by atoms with Crippen molar-refractivity contribution in [1.82, 2.24) is 14.7 Å². The van der Waals surface area contributed by atoms with Crippen LogP contribution in [0.1, 0.15) is 31.5 Å². The minimum absolute atomic E-state index is 0.0113. The van der Waals surface area contributed by atoms with Gasteiger partial charge in [-0.3, -0.25) is 4.68 Å². The quantitative estimate of drug-likeness (QED) is 0.855. The standard InChI is InChI=1S/C18H23ClN4O3/c1-4-23-15(7-8-20-23)14-6-5-9-22(14)18(24)21-13-10-12(19)16(25-2)11-17(13)26-3/h7-8,10-11,14H,4-6,9H2,1-3H3,(H,21,24)/t14-/m0/s1. The predicted octanol–water partition coefficient (Wildman–Crippen LogP) is 3.94. The number of nitrogens with one attached hydrogen (secondary N) is 1. The predicted molar refractivity (Wildman–Crippen MR) is 100 cm³/mol. The van der Waals surface area contributed by atoms with Gasteiger partial charge in [-0.2, -0.15) is 5.10 Å². The van der Waals surface area contributed by atoms with Crippen molar-refractivity contribution in [3.05, 3.63) is 35.1 Å². The van der Waals surface area contributed by atoms with E-state index in [0.717, 1.165) is 25.1 Å². The number of hydrogen-bond acceptors (Lipinski definition) is 4. The van der Waals surface area contributed by atoms with Gasteiger partial charge in [0.05, 0.1) is 36.7 Å². The SMILES string of the molecule is CCn1nccc1[C@@H]1CCCN1C(=O)Nc1cc(Cl)c(OC)cc1OC. The molecule has 8 heteroatoms. The van der Waals surface area contributed by atoms with Crippen LogP contribution in [0.15, 0.2) is 24.4 Å². The number of rotatable bonds is 5. The summed E-state index contributed by atoms with van der Waals surface area (Å²) in [4.78, 5) is 14.7. The number of ether oxygens (including phenoxy) is 2. The van der Waals surface area contributed by atoms with Crippen molar-refractivity contribution in [3.8, 4) is 11.5 Å². The number of carbonyl (C=O) groups is 1. The van der Waals surface area contributed by atoms with Crippen molar-refractivity contribution >= 4 is 23.3 Å². The van der Waals surface area contributed by atoms with E-state index in [4.69, 9.17) is 21.1 Å². The van der Waals surface area contributed by atoms with E-state index >= 15 is 0 Å². The monoisotopic (exact) mass is 378 g/mol. The second kappa shape index (κ2) is 7.86. The third kappa shape index (κ3) is 3.44. The van der Waals surface area contributed by atoms with Gasteiger partial charge in [0.1, 0.15) is 11.5 Å². The molecule has 0 saturated carbocycles. The largest absolute Gasteiger partial charge is 0.495 e. The zero-order valence-electron chi connectivity index (χ0n) is 15.2. The Labute approximate surface area is 157 Å². The van der Waals surface area contributed by atoms with Gasteiger partial charge in [0.15, 0.2) is 0 Å². The fourth-order valence-corrected chi connectivity index (χ4v) is 3.59. The topological polar surface area (TPSA) is 68.6 Å². The highest BCUT2D eigenvalue weighted by Crippen LogP contribution is 2.37. The zero-order valence-corrected chi connectivity index (χ0v) is 15.9. The number of urea groups is 1. The molecule has 1 atom stereocenters. The van der Waals surface area contributed by atoms with Crippen LogP contribution in [0.5, 0.6) is 11.5 Å². The summed E-state index contributed by atoms with van der Waals surface area (Å²) in [6.07, 6.45) is 3.65. The highest BCUT2D eigenvalue weighted by atomic mass is 35.5. The molecule has 1 fully saturated rings. The first kappa shape index (κ1) is 18.4. The second-order valence-corrected chi connectivity index (χ2v) is 6.45. The Kier molecular flexibility index (Phi) is 5.56. The summed E-state index contributed by atoms with van der Waals surface area (Å²) in [5, 5.41) is 7.65. The number of aryl methyl sites for hydroxylation is 1. The maximum absolute atomic E-state index is 12.9. The highest BCUT2D eigenvalue weighted by Gasteiger charge is 2.32. The van der Waals surface area contributed by atoms with Crippen LogP contribution in [-0.4, -0.2) is 41.5 Å². The van der Waals surface area contributed by atoms with E-state index in [1.165, 1.54) is 14.2 Å². The van der Waals surface area contributed by atoms with E-state index in [-0.39, 0.29) is 12.1 Å². The molecule has 2 amide bonds. The molecular weight excluding hydrogens is 356 g/mol. The lowest BCUT2D eigenvalue weighted by atomic mass is 10.1. The number of benzene rings is 1. The van der Waals surface area contributed by atoms with Gasteiger partial charge >= 0.3 is 6.03 Å². The van der Waals surface area contributed by atoms with Gasteiger partial charge in [0.25, 0.3) is 0 Å². The molecule has 1 aromatic carbocycles. The number of halogens is 1. The number of likely N-dealkylation sites (tertiary alicyclic amines) is 1. The summed E-state index contributed by atoms with van der Waals surface area (Å²) >= 11 is 6.19. The minimum atomic E-state index is -0.184. The fourth-order valence-electron chi connectivity index (χ4n) is 3.35. The van der Waals surface area contributed by atoms with Gasteiger partial charge in [-0.15, -0.1) is 0 Å². The van der Waals surface area contributed by atoms with Crippen LogP contribution in [0, 0.1) is 0 Å². The average Bonchev–Trinajstić information content (AvgIpc) is 3.30. The fraction of sp³-hybridized carbons (Fsp3) is 0.444. The van der Waals surface area contributed by atoms with Gasteiger partial charge in [-0.1, -0.05) is 11.6 Å². The third-order valence-corrected chi connectivity index (χ3v) is 4.91. The molecule has 1 aromatic heterocycles. The molecule has 140 valence electrons. The smallest absolute Gasteiger partial charge is 0.322 e. The zero-order chi connectivity index (χ0) is 18.7. The van der Waals surface area contributed by atoms with Gasteiger partial charge in [-0.05, 0) is 31.9 Å². The Hall–Kier alpha value is -2.41. The maximum atomic E-state index is 12.9. The number of carbonyl (C=O) groups excluding carboxylic acids is 1. The number of anilines is 1. The Morgan fingerprint density at radius 1 is 1.35 bits per heavy atom. The van der Waals surface area contributed by atoms with Crippen LogP contribution in [0.25, 0.3) is 0 Å². The molecule has 0 unspecified atom stereocenters. The molecule has 3 rings (SSSR count). The first-order chi connectivity index (χ1) is 12.6. The molecule has 2 heterocycles. The van der Waals surface area contributed by atoms with Gasteiger partial charge < -0.3 is 19.7 Å². The second-order valence-electron chi connectivity index (χ2n) is 6.04. The van der Waals surface area contributed by atoms with E-state index in [0.29, 0.717) is 28.8 Å². The average molecular weight is 379 g/mol. The van der Waals surface area contributed by atoms with Crippen LogP contribution < -0.4 is 14.8 Å². The van der Waals surface area contributed by atoms with Gasteiger partial charge in [0, 0.05) is 25.4 Å². The molecule has 0 bridgehead atoms. The normalized spacial score (nSPS) is 16.6. The molecule has 0 radical (unpaired) electrons. The molecule has 2 aromatic rings. The molecule has 7 nitrogen and oxygen atoms in total. The van der Waals surface area contributed by atoms with E-state index in [9.17, 15) is 4.79 Å². The van der Waals surface area contributed by atoms with Gasteiger partial charge in [0.2, 0.25) is 0 Å². The van der Waals surface area contributed by atoms with Crippen LogP contribution in [0.3, 0.4) is 0 Å². The van der Waals surface area contributed by atoms with E-state index in [1.54, 1.807) is 18.3 Å². The third-order valence-electron chi connectivity index (χ3n) is 4.62. The molecule has 1 N–H and O–H groups in total. The molecular formula is C18H23ClN4O3. The van der Waals surface area contributed by atoms with Crippen molar-refractivity contribution < 1.29 is 14.3 Å². The molecule has 1 aliphatic heterocycles. The first-order valence-corrected chi connectivity index (χ1v) is 8.97. The lowest BCUT2D eigenvalue weighted by Gasteiger charge is -2.26. The number of aromatic nitrogens is 2. The van der Waals surface area contributed by atoms with Crippen LogP contribution in [-0.2, 0) is 6.54 Å². The highest BCUT2D eigenvalue weighted by molar-refractivity contribution is 6.32. The Balaban J connectivity index is 1.82. The summed E-state index contributed by atoms with van der Waals surface area (Å²) in [7, 11) is 3.07. The molecule has 1 saturated heterocycles. The Morgan fingerprint density at radius 3 is 2.81 bits per heavy atom. The van der Waals surface area contributed by atoms with E-state index < -0.39 is 0 Å². The Morgan fingerprint density at radius 2 is 2.12 bits per heavy atom. The molecule has 26 heavy (non-hydrogen) atoms. The van der Waals surface area contributed by atoms with Crippen molar-refractivity contribution in [2.24, 2.45) is 0 Å². The molecule has 1 aliphatic rings. The van der Waals surface area contributed by atoms with Crippen LogP contribution >= 0.6 is 11.6 Å². The van der Waals surface area contributed by atoms with Crippen molar-refractivity contribution in [3.63, 3.8) is 0 Å². The summed E-state index contributed by atoms with van der Waals surface area (Å²) in [6, 6.07) is 5.10. The number of methoxy groups -OCH3 is 2. The number of nitrogens with zero attached hydrogens (tertiary/aromatic N) is 3. The van der Waals surface area contributed by atoms with Crippen LogP contribution in [0.4, 0.5) is 10.5 Å². The Bertz CT molecular complexity index is 793.